The third kappa shape index (κ3) is 15.5. The van der Waals surface area contributed by atoms with Gasteiger partial charge in [0.05, 0.1) is 17.0 Å². The lowest BCUT2D eigenvalue weighted by atomic mass is 9.99. The minimum Gasteiger partial charge on any atom is -0.456 e. The molecule has 0 saturated heterocycles. The molecule has 674 valence electrons. The van der Waals surface area contributed by atoms with Gasteiger partial charge in [0.1, 0.15) is 33.5 Å². The van der Waals surface area contributed by atoms with E-state index in [0.717, 1.165) is 149 Å². The minimum atomic E-state index is 0.621. The fraction of sp³-hybridized carbons (Fsp3) is 0. The summed E-state index contributed by atoms with van der Waals surface area (Å²) in [5.74, 6) is 4.61. The average molecular weight is 1900 g/mol. The quantitative estimate of drug-likeness (QED) is 0.103. The number of rotatable bonds is 14. The Morgan fingerprint density at radius 2 is 0.417 bits per heavy atom. The molecule has 11 nitrogen and oxygen atoms in total. The van der Waals surface area contributed by atoms with Crippen LogP contribution in [0.4, 0.5) is 0 Å². The van der Waals surface area contributed by atoms with E-state index in [0.29, 0.717) is 40.8 Å². The summed E-state index contributed by atoms with van der Waals surface area (Å²) in [4.78, 5) is 40.3. The molecule has 14 heteroatoms. The summed E-state index contributed by atoms with van der Waals surface area (Å²) in [7, 11) is 0. The van der Waals surface area contributed by atoms with Crippen molar-refractivity contribution in [3.8, 4) is 158 Å². The molecule has 0 bridgehead atoms. The normalized spacial score (nSPS) is 11.6. The third-order valence-electron chi connectivity index (χ3n) is 27.0. The number of aromatic nitrogens is 8. The van der Waals surface area contributed by atoms with Crippen LogP contribution < -0.4 is 0 Å². The largest absolute Gasteiger partial charge is 0.456 e. The monoisotopic (exact) mass is 1890 g/mol. The fourth-order valence-corrected chi connectivity index (χ4v) is 23.8. The van der Waals surface area contributed by atoms with Crippen LogP contribution >= 0.6 is 34.0 Å². The van der Waals surface area contributed by atoms with Gasteiger partial charge in [-0.05, 0) is 123 Å². The Balaban J connectivity index is 0.000000108. The molecule has 0 aliphatic heterocycles. The fourth-order valence-electron chi connectivity index (χ4n) is 20.1. The topological polar surface area (TPSA) is 143 Å². The lowest BCUT2D eigenvalue weighted by Gasteiger charge is -2.09. The molecule has 0 fully saturated rings. The van der Waals surface area contributed by atoms with Gasteiger partial charge < -0.3 is 13.3 Å². The SMILES string of the molecule is c1ccc(-c2cc(-c3ccccc3)nc(-c3cccc4c3oc3c(-c5cccc6c5oc5ccccc56)cccc34)n2)cc1.c1ccc(-c2ccc3oc4ccc(-c5cccc6c5sc5c(-c7nc(-c8ccccc8)nc(-c8ccccc8)n7)cccc56)cc4c3c2)cc1.c1ccc(-c2ccc3sc4ccc(-c5cccc6c5sc5c(-c7nc(-c8ccccc8)nc(-c8ccccc8)n7)cccc56)cc4c3c2)cc1. The molecule has 0 spiro atoms. The molecule has 29 rings (SSSR count). The Kier molecular flexibility index (Phi) is 21.3. The number of fused-ring (bicyclic) bond motifs is 18. The highest BCUT2D eigenvalue weighted by Gasteiger charge is 2.26. The Labute approximate surface area is 838 Å². The molecule has 9 heterocycles. The van der Waals surface area contributed by atoms with E-state index in [-0.39, 0.29) is 0 Å². The third-order valence-corrected chi connectivity index (χ3v) is 30.8. The first-order valence-corrected chi connectivity index (χ1v) is 50.3. The van der Waals surface area contributed by atoms with Gasteiger partial charge in [-0.2, -0.15) is 0 Å². The van der Waals surface area contributed by atoms with Crippen LogP contribution in [0.5, 0.6) is 0 Å². The molecule has 0 N–H and O–H groups in total. The Hall–Kier alpha value is -18.4. The van der Waals surface area contributed by atoms with E-state index in [4.69, 9.17) is 53.1 Å². The van der Waals surface area contributed by atoms with Gasteiger partial charge in [0.25, 0.3) is 0 Å². The highest BCUT2D eigenvalue weighted by Crippen LogP contribution is 2.51. The maximum atomic E-state index is 6.82. The molecule has 0 unspecified atom stereocenters. The number of thiophene rings is 3. The number of furan rings is 3. The zero-order valence-corrected chi connectivity index (χ0v) is 79.5. The number of benzene rings is 20. The summed E-state index contributed by atoms with van der Waals surface area (Å²) in [6.07, 6.45) is 0. The summed E-state index contributed by atoms with van der Waals surface area (Å²) in [6.45, 7) is 0. The predicted molar refractivity (Wildman–Crippen MR) is 598 cm³/mol. The van der Waals surface area contributed by atoms with Gasteiger partial charge in [-0.1, -0.05) is 394 Å². The zero-order chi connectivity index (χ0) is 95.1. The molecule has 144 heavy (non-hydrogen) atoms. The average Bonchev–Trinajstić information content (AvgIpc) is 1.59. The van der Waals surface area contributed by atoms with Crippen molar-refractivity contribution >= 4 is 160 Å². The molecular formula is C130H78N8O3S3. The van der Waals surface area contributed by atoms with Gasteiger partial charge in [-0.15, -0.1) is 34.0 Å². The first-order chi connectivity index (χ1) is 71.3. The van der Waals surface area contributed by atoms with Crippen LogP contribution in [-0.2, 0) is 0 Å². The minimum absolute atomic E-state index is 0.621. The zero-order valence-electron chi connectivity index (χ0n) is 77.1. The van der Waals surface area contributed by atoms with E-state index >= 15 is 0 Å². The summed E-state index contributed by atoms with van der Waals surface area (Å²) in [5, 5.41) is 13.9. The van der Waals surface area contributed by atoms with E-state index in [1.807, 2.05) is 186 Å². The molecule has 0 saturated carbocycles. The number of para-hydroxylation sites is 4. The van der Waals surface area contributed by atoms with Gasteiger partial charge >= 0.3 is 0 Å². The van der Waals surface area contributed by atoms with Crippen LogP contribution in [0.2, 0.25) is 0 Å². The van der Waals surface area contributed by atoms with Crippen LogP contribution in [0.3, 0.4) is 0 Å². The van der Waals surface area contributed by atoms with Gasteiger partial charge in [-0.3, -0.25) is 0 Å². The van der Waals surface area contributed by atoms with E-state index < -0.39 is 0 Å². The highest BCUT2D eigenvalue weighted by molar-refractivity contribution is 7.27. The van der Waals surface area contributed by atoms with Crippen LogP contribution in [-0.4, -0.2) is 39.9 Å². The van der Waals surface area contributed by atoms with Crippen molar-refractivity contribution in [2.24, 2.45) is 0 Å². The molecule has 29 aromatic rings. The van der Waals surface area contributed by atoms with Gasteiger partial charge in [0.2, 0.25) is 0 Å². The van der Waals surface area contributed by atoms with Gasteiger partial charge in [-0.25, -0.2) is 39.9 Å². The van der Waals surface area contributed by atoms with Crippen molar-refractivity contribution in [1.82, 2.24) is 39.9 Å². The summed E-state index contributed by atoms with van der Waals surface area (Å²) < 4.78 is 27.0. The van der Waals surface area contributed by atoms with Crippen molar-refractivity contribution < 1.29 is 13.3 Å². The summed E-state index contributed by atoms with van der Waals surface area (Å²) in [6, 6.07) is 164. The van der Waals surface area contributed by atoms with Crippen LogP contribution in [0.15, 0.2) is 486 Å². The van der Waals surface area contributed by atoms with Gasteiger partial charge in [0, 0.05) is 148 Å². The van der Waals surface area contributed by atoms with Gasteiger partial charge in [0.15, 0.2) is 40.8 Å². The van der Waals surface area contributed by atoms with Crippen LogP contribution in [0, 0.1) is 0 Å². The van der Waals surface area contributed by atoms with E-state index in [9.17, 15) is 0 Å². The highest BCUT2D eigenvalue weighted by atomic mass is 32.1. The van der Waals surface area contributed by atoms with Crippen molar-refractivity contribution in [2.45, 2.75) is 0 Å². The van der Waals surface area contributed by atoms with E-state index in [2.05, 4.69) is 309 Å². The van der Waals surface area contributed by atoms with Crippen molar-refractivity contribution in [1.29, 1.82) is 0 Å². The maximum absolute atomic E-state index is 6.82. The molecule has 0 aliphatic carbocycles. The second-order valence-electron chi connectivity index (χ2n) is 35.7. The van der Waals surface area contributed by atoms with Crippen molar-refractivity contribution in [2.75, 3.05) is 0 Å². The number of hydrogen-bond acceptors (Lipinski definition) is 14. The Morgan fingerprint density at radius 3 is 0.847 bits per heavy atom. The van der Waals surface area contributed by atoms with E-state index in [1.54, 1.807) is 11.3 Å². The van der Waals surface area contributed by atoms with E-state index in [1.165, 1.54) is 94.8 Å². The number of hydrogen-bond donors (Lipinski definition) is 0. The second-order valence-corrected chi connectivity index (χ2v) is 38.9. The predicted octanol–water partition coefficient (Wildman–Crippen LogP) is 36.4. The van der Waals surface area contributed by atoms with Crippen molar-refractivity contribution in [3.63, 3.8) is 0 Å². The van der Waals surface area contributed by atoms with Crippen LogP contribution in [0.1, 0.15) is 0 Å². The molecule has 0 amide bonds. The standard InChI is InChI=1S/C45H27N3OS.C45H27N3S2.C40H24N2O2/c2*1-4-12-28(13-5-1)31-22-24-39-37(26-31)38-27-32(23-25-40(38)49-39)33-18-10-19-34-35-20-11-21-36(42(35)50-41(33)34)45-47-43(29-14-6-2-7-15-29)46-44(48-45)30-16-8-3-9-17-30;1-3-12-25(13-4-1)34-24-35(26-14-5-2-6-15-26)42-40(41-34)33-22-11-21-32-31-20-10-19-30(38(31)44-39(32)33)29-18-9-17-28-27-16-7-8-23-36(27)43-37(28)29/h2*1-27H;1-24H. The molecule has 0 atom stereocenters. The second kappa shape index (κ2) is 36.1. The first kappa shape index (κ1) is 84.8. The summed E-state index contributed by atoms with van der Waals surface area (Å²) >= 11 is 5.47. The molecule has 0 radical (unpaired) electrons. The summed E-state index contributed by atoms with van der Waals surface area (Å²) in [5.41, 5.74) is 27.2. The molecule has 9 aromatic heterocycles. The first-order valence-electron chi connectivity index (χ1n) is 47.9. The molecule has 0 aliphatic rings. The van der Waals surface area contributed by atoms with Crippen molar-refractivity contribution in [3.05, 3.63) is 473 Å². The smallest absolute Gasteiger partial charge is 0.165 e. The lowest BCUT2D eigenvalue weighted by molar-refractivity contribution is 0.665. The number of nitrogens with zero attached hydrogens (tertiary/aromatic N) is 8. The Bertz CT molecular complexity index is 9460. The lowest BCUT2D eigenvalue weighted by Crippen LogP contribution is -2.00. The Morgan fingerprint density at radius 1 is 0.139 bits per heavy atom. The molecule has 20 aromatic carbocycles. The molecular weight excluding hydrogens is 1820 g/mol. The maximum Gasteiger partial charge on any atom is 0.165 e. The van der Waals surface area contributed by atoms with Crippen LogP contribution in [0.25, 0.3) is 284 Å².